The zero-order valence-corrected chi connectivity index (χ0v) is 13.4. The van der Waals surface area contributed by atoms with Crippen molar-refractivity contribution in [2.24, 2.45) is 0 Å². The van der Waals surface area contributed by atoms with Gasteiger partial charge in [0.25, 0.3) is 0 Å². The topological polar surface area (TPSA) is 27.0 Å². The van der Waals surface area contributed by atoms with E-state index in [0.717, 1.165) is 21.5 Å². The average Bonchev–Trinajstić information content (AvgIpc) is 2.57. The Labute approximate surface area is 138 Å². The standard InChI is InChI=1S/C19H13BrN2/c20-19-13-18(12-11-15(19)14-21)22(16-7-3-1-4-8-16)17-9-5-2-6-10-17/h1-13H. The van der Waals surface area contributed by atoms with Gasteiger partial charge in [0, 0.05) is 21.5 Å². The quantitative estimate of drug-likeness (QED) is 0.598. The number of nitrogens with zero attached hydrogens (tertiary/aromatic N) is 2. The number of nitriles is 1. The Balaban J connectivity index is 2.15. The predicted octanol–water partition coefficient (Wildman–Crippen LogP) is 5.79. The zero-order valence-electron chi connectivity index (χ0n) is 11.8. The van der Waals surface area contributed by atoms with Gasteiger partial charge in [0.2, 0.25) is 0 Å². The van der Waals surface area contributed by atoms with Crippen LogP contribution >= 0.6 is 15.9 Å². The first-order valence-electron chi connectivity index (χ1n) is 6.89. The summed E-state index contributed by atoms with van der Waals surface area (Å²) >= 11 is 3.47. The van der Waals surface area contributed by atoms with Gasteiger partial charge >= 0.3 is 0 Å². The summed E-state index contributed by atoms with van der Waals surface area (Å²) < 4.78 is 0.796. The Morgan fingerprint density at radius 3 is 1.73 bits per heavy atom. The fraction of sp³-hybridized carbons (Fsp3) is 0. The van der Waals surface area contributed by atoms with Gasteiger partial charge < -0.3 is 4.90 Å². The maximum absolute atomic E-state index is 9.09. The Bertz CT molecular complexity index is 768. The summed E-state index contributed by atoms with van der Waals surface area (Å²) in [5, 5.41) is 9.09. The summed E-state index contributed by atoms with van der Waals surface area (Å²) in [7, 11) is 0. The Morgan fingerprint density at radius 2 is 1.27 bits per heavy atom. The van der Waals surface area contributed by atoms with Crippen LogP contribution in [0.15, 0.2) is 83.3 Å². The number of anilines is 3. The molecule has 0 atom stereocenters. The van der Waals surface area contributed by atoms with Gasteiger partial charge in [-0.15, -0.1) is 0 Å². The van der Waals surface area contributed by atoms with Crippen molar-refractivity contribution in [1.29, 1.82) is 5.26 Å². The van der Waals surface area contributed by atoms with E-state index >= 15 is 0 Å². The van der Waals surface area contributed by atoms with Crippen molar-refractivity contribution in [3.05, 3.63) is 88.9 Å². The number of hydrogen-bond donors (Lipinski definition) is 0. The van der Waals surface area contributed by atoms with Crippen LogP contribution in [0.2, 0.25) is 0 Å². The van der Waals surface area contributed by atoms with E-state index in [4.69, 9.17) is 5.26 Å². The van der Waals surface area contributed by atoms with Crippen LogP contribution in [0.25, 0.3) is 0 Å². The van der Waals surface area contributed by atoms with Gasteiger partial charge in [-0.25, -0.2) is 0 Å². The maximum Gasteiger partial charge on any atom is 0.100 e. The summed E-state index contributed by atoms with van der Waals surface area (Å²) in [5.41, 5.74) is 3.78. The van der Waals surface area contributed by atoms with Crippen molar-refractivity contribution in [1.82, 2.24) is 0 Å². The van der Waals surface area contributed by atoms with Gasteiger partial charge in [-0.05, 0) is 58.4 Å². The SMILES string of the molecule is N#Cc1ccc(N(c2ccccc2)c2ccccc2)cc1Br. The molecule has 3 aromatic rings. The first-order chi connectivity index (χ1) is 10.8. The van der Waals surface area contributed by atoms with E-state index in [2.05, 4.69) is 51.2 Å². The summed E-state index contributed by atoms with van der Waals surface area (Å²) in [6.45, 7) is 0. The molecule has 0 heterocycles. The molecule has 3 rings (SSSR count). The molecule has 0 amide bonds. The molecule has 0 spiro atoms. The number of benzene rings is 3. The monoisotopic (exact) mass is 348 g/mol. The molecule has 106 valence electrons. The lowest BCUT2D eigenvalue weighted by Crippen LogP contribution is -2.09. The molecule has 22 heavy (non-hydrogen) atoms. The van der Waals surface area contributed by atoms with Crippen molar-refractivity contribution in [3.8, 4) is 6.07 Å². The van der Waals surface area contributed by atoms with Crippen LogP contribution in [0.5, 0.6) is 0 Å². The van der Waals surface area contributed by atoms with Gasteiger partial charge in [0.15, 0.2) is 0 Å². The molecular weight excluding hydrogens is 336 g/mol. The molecule has 0 saturated carbocycles. The van der Waals surface area contributed by atoms with Gasteiger partial charge in [0.1, 0.15) is 6.07 Å². The first-order valence-corrected chi connectivity index (χ1v) is 7.69. The lowest BCUT2D eigenvalue weighted by Gasteiger charge is -2.25. The van der Waals surface area contributed by atoms with Crippen LogP contribution in [-0.2, 0) is 0 Å². The molecule has 0 radical (unpaired) electrons. The van der Waals surface area contributed by atoms with Gasteiger partial charge in [-0.3, -0.25) is 0 Å². The van der Waals surface area contributed by atoms with E-state index < -0.39 is 0 Å². The molecule has 0 bridgehead atoms. The molecule has 3 heteroatoms. The fourth-order valence-electron chi connectivity index (χ4n) is 2.34. The van der Waals surface area contributed by atoms with E-state index in [1.54, 1.807) is 0 Å². The van der Waals surface area contributed by atoms with Crippen molar-refractivity contribution in [3.63, 3.8) is 0 Å². The number of para-hydroxylation sites is 2. The molecule has 0 aliphatic carbocycles. The second-order valence-corrected chi connectivity index (χ2v) is 5.64. The largest absolute Gasteiger partial charge is 0.310 e. The summed E-state index contributed by atoms with van der Waals surface area (Å²) in [6.07, 6.45) is 0. The second-order valence-electron chi connectivity index (χ2n) is 4.78. The smallest absolute Gasteiger partial charge is 0.100 e. The summed E-state index contributed by atoms with van der Waals surface area (Å²) in [4.78, 5) is 2.16. The highest BCUT2D eigenvalue weighted by atomic mass is 79.9. The van der Waals surface area contributed by atoms with Gasteiger partial charge in [-0.2, -0.15) is 5.26 Å². The Hall–Kier alpha value is -2.57. The molecule has 0 aliphatic rings. The second kappa shape index (κ2) is 6.46. The number of hydrogen-bond acceptors (Lipinski definition) is 2. The molecular formula is C19H13BrN2. The molecule has 0 unspecified atom stereocenters. The molecule has 0 N–H and O–H groups in total. The van der Waals surface area contributed by atoms with Gasteiger partial charge in [-0.1, -0.05) is 36.4 Å². The summed E-state index contributed by atoms with van der Waals surface area (Å²) in [6, 6.07) is 28.3. The van der Waals surface area contributed by atoms with Crippen LogP contribution in [0, 0.1) is 11.3 Å². The number of halogens is 1. The Kier molecular flexibility index (Phi) is 4.22. The lowest BCUT2D eigenvalue weighted by molar-refractivity contribution is 1.28. The molecule has 0 aromatic heterocycles. The maximum atomic E-state index is 9.09. The molecule has 2 nitrogen and oxygen atoms in total. The van der Waals surface area contributed by atoms with E-state index in [1.165, 1.54) is 0 Å². The molecule has 3 aromatic carbocycles. The minimum Gasteiger partial charge on any atom is -0.310 e. The van der Waals surface area contributed by atoms with Crippen LogP contribution in [0.4, 0.5) is 17.1 Å². The molecule has 0 aliphatic heterocycles. The first kappa shape index (κ1) is 14.4. The van der Waals surface area contributed by atoms with Crippen LogP contribution in [0.3, 0.4) is 0 Å². The highest BCUT2D eigenvalue weighted by Crippen LogP contribution is 2.35. The van der Waals surface area contributed by atoms with Crippen molar-refractivity contribution >= 4 is 33.0 Å². The van der Waals surface area contributed by atoms with Crippen molar-refractivity contribution < 1.29 is 0 Å². The van der Waals surface area contributed by atoms with Crippen LogP contribution in [0.1, 0.15) is 5.56 Å². The van der Waals surface area contributed by atoms with E-state index in [0.29, 0.717) is 5.56 Å². The third-order valence-electron chi connectivity index (χ3n) is 3.36. The average molecular weight is 349 g/mol. The normalized spacial score (nSPS) is 10.0. The highest BCUT2D eigenvalue weighted by Gasteiger charge is 2.13. The van der Waals surface area contributed by atoms with E-state index in [1.807, 2.05) is 54.6 Å². The van der Waals surface area contributed by atoms with Crippen molar-refractivity contribution in [2.75, 3.05) is 4.90 Å². The van der Waals surface area contributed by atoms with Gasteiger partial charge in [0.05, 0.1) is 5.56 Å². The van der Waals surface area contributed by atoms with Crippen molar-refractivity contribution in [2.45, 2.75) is 0 Å². The number of rotatable bonds is 3. The van der Waals surface area contributed by atoms with E-state index in [9.17, 15) is 0 Å². The predicted molar refractivity (Wildman–Crippen MR) is 93.5 cm³/mol. The van der Waals surface area contributed by atoms with Crippen LogP contribution in [-0.4, -0.2) is 0 Å². The third kappa shape index (κ3) is 2.88. The summed E-state index contributed by atoms with van der Waals surface area (Å²) in [5.74, 6) is 0. The third-order valence-corrected chi connectivity index (χ3v) is 4.02. The van der Waals surface area contributed by atoms with E-state index in [-0.39, 0.29) is 0 Å². The Morgan fingerprint density at radius 1 is 0.727 bits per heavy atom. The molecule has 0 fully saturated rings. The lowest BCUT2D eigenvalue weighted by atomic mass is 10.1. The zero-order chi connectivity index (χ0) is 15.4. The molecule has 0 saturated heterocycles. The minimum atomic E-state index is 0.629. The fourth-order valence-corrected chi connectivity index (χ4v) is 2.79. The highest BCUT2D eigenvalue weighted by molar-refractivity contribution is 9.10. The van der Waals surface area contributed by atoms with Crippen LogP contribution < -0.4 is 4.90 Å². The minimum absolute atomic E-state index is 0.629.